The topological polar surface area (TPSA) is 71.7 Å². The Bertz CT molecular complexity index is 535. The molecular formula is C14H17NO4S. The van der Waals surface area contributed by atoms with Crippen LogP contribution in [-0.4, -0.2) is 30.8 Å². The van der Waals surface area contributed by atoms with Crippen LogP contribution in [0, 0.1) is 0 Å². The van der Waals surface area contributed by atoms with Crippen molar-refractivity contribution in [1.29, 1.82) is 0 Å². The van der Waals surface area contributed by atoms with Gasteiger partial charge in [0.2, 0.25) is 5.91 Å². The zero-order chi connectivity index (χ0) is 14.4. The van der Waals surface area contributed by atoms with E-state index in [1.165, 1.54) is 0 Å². The van der Waals surface area contributed by atoms with Gasteiger partial charge >= 0.3 is 0 Å². The first-order valence-electron chi connectivity index (χ1n) is 6.35. The van der Waals surface area contributed by atoms with Crippen molar-refractivity contribution in [3.05, 3.63) is 34.7 Å². The molecule has 2 heterocycles. The fraction of sp³-hybridized carbons (Fsp3) is 0.357. The van der Waals surface area contributed by atoms with Crippen molar-refractivity contribution in [3.63, 3.8) is 0 Å². The highest BCUT2D eigenvalue weighted by Gasteiger charge is 2.14. The number of furan rings is 1. The molecule has 20 heavy (non-hydrogen) atoms. The molecule has 0 unspecified atom stereocenters. The van der Waals surface area contributed by atoms with E-state index in [9.17, 15) is 9.90 Å². The van der Waals surface area contributed by atoms with Crippen LogP contribution in [0.25, 0.3) is 11.3 Å². The van der Waals surface area contributed by atoms with E-state index >= 15 is 0 Å². The summed E-state index contributed by atoms with van der Waals surface area (Å²) < 4.78 is 10.5. The number of carbonyl (C=O) groups excluding carboxylic acids is 1. The number of aliphatic hydroxyl groups is 1. The number of hydrogen-bond acceptors (Lipinski definition) is 5. The number of nitrogens with one attached hydrogen (secondary N) is 1. The lowest BCUT2D eigenvalue weighted by atomic mass is 10.2. The molecule has 0 aliphatic rings. The second-order valence-electron chi connectivity index (χ2n) is 4.17. The van der Waals surface area contributed by atoms with Crippen LogP contribution in [0.2, 0.25) is 0 Å². The summed E-state index contributed by atoms with van der Waals surface area (Å²) in [5.41, 5.74) is 0.980. The van der Waals surface area contributed by atoms with Gasteiger partial charge in [-0.1, -0.05) is 0 Å². The van der Waals surface area contributed by atoms with Crippen LogP contribution < -0.4 is 5.32 Å². The van der Waals surface area contributed by atoms with Crippen LogP contribution in [0.5, 0.6) is 0 Å². The smallest absolute Gasteiger partial charge is 0.246 e. The number of carbonyl (C=O) groups is 1. The molecule has 0 bridgehead atoms. The second kappa shape index (κ2) is 7.23. The van der Waals surface area contributed by atoms with Gasteiger partial charge in [0.05, 0.1) is 6.54 Å². The van der Waals surface area contributed by atoms with Gasteiger partial charge in [0.1, 0.15) is 24.2 Å². The maximum atomic E-state index is 11.4. The van der Waals surface area contributed by atoms with Crippen molar-refractivity contribution >= 4 is 17.2 Å². The molecule has 2 aromatic rings. The molecule has 0 aromatic carbocycles. The summed E-state index contributed by atoms with van der Waals surface area (Å²) in [5.74, 6) is 0.888. The number of aliphatic hydroxyl groups excluding tert-OH is 1. The molecule has 2 aromatic heterocycles. The first kappa shape index (κ1) is 14.8. The van der Waals surface area contributed by atoms with Gasteiger partial charge < -0.3 is 19.6 Å². The molecular weight excluding hydrogens is 278 g/mol. The van der Waals surface area contributed by atoms with E-state index in [1.54, 1.807) is 17.4 Å². The molecule has 108 valence electrons. The molecule has 0 spiro atoms. The quantitative estimate of drug-likeness (QED) is 0.821. The molecule has 2 N–H and O–H groups in total. The predicted octanol–water partition coefficient (Wildman–Crippen LogP) is 2.19. The molecule has 6 heteroatoms. The largest absolute Gasteiger partial charge is 0.458 e. The van der Waals surface area contributed by atoms with E-state index in [2.05, 4.69) is 5.32 Å². The van der Waals surface area contributed by atoms with Crippen LogP contribution in [0.3, 0.4) is 0 Å². The molecule has 0 radical (unpaired) electrons. The first-order chi connectivity index (χ1) is 9.70. The number of ether oxygens (including phenoxy) is 1. The zero-order valence-electron chi connectivity index (χ0n) is 11.2. The highest BCUT2D eigenvalue weighted by atomic mass is 32.1. The minimum absolute atomic E-state index is 0.00152. The van der Waals surface area contributed by atoms with Gasteiger partial charge in [-0.2, -0.15) is 11.3 Å². The van der Waals surface area contributed by atoms with Crippen molar-refractivity contribution in [2.24, 2.45) is 0 Å². The standard InChI is InChI=1S/C14H17NO4S/c1-2-18-8-14(17)15-7-11(16)13-4-3-12(19-13)10-5-6-20-9-10/h3-6,9,11,16H,2,7-8H2,1H3,(H,15,17)/t11-/m0/s1. The van der Waals surface area contributed by atoms with Gasteiger partial charge in [-0.25, -0.2) is 0 Å². The molecule has 0 saturated heterocycles. The minimum atomic E-state index is -0.868. The van der Waals surface area contributed by atoms with Crippen LogP contribution in [0.4, 0.5) is 0 Å². The fourth-order valence-electron chi connectivity index (χ4n) is 1.65. The Balaban J connectivity index is 1.87. The number of thiophene rings is 1. The van der Waals surface area contributed by atoms with E-state index in [1.807, 2.05) is 29.8 Å². The first-order valence-corrected chi connectivity index (χ1v) is 7.29. The fourth-order valence-corrected chi connectivity index (χ4v) is 2.29. The lowest BCUT2D eigenvalue weighted by Gasteiger charge is -2.09. The molecule has 0 saturated carbocycles. The third kappa shape index (κ3) is 3.93. The lowest BCUT2D eigenvalue weighted by molar-refractivity contribution is -0.126. The highest BCUT2D eigenvalue weighted by Crippen LogP contribution is 2.26. The van der Waals surface area contributed by atoms with Gasteiger partial charge in [0, 0.05) is 17.6 Å². The molecule has 5 nitrogen and oxygen atoms in total. The Kier molecular flexibility index (Phi) is 5.34. The van der Waals surface area contributed by atoms with E-state index in [0.29, 0.717) is 18.1 Å². The summed E-state index contributed by atoms with van der Waals surface area (Å²) in [6, 6.07) is 5.47. The predicted molar refractivity (Wildman–Crippen MR) is 76.5 cm³/mol. The van der Waals surface area contributed by atoms with E-state index in [-0.39, 0.29) is 19.1 Å². The molecule has 0 fully saturated rings. The zero-order valence-corrected chi connectivity index (χ0v) is 12.0. The summed E-state index contributed by atoms with van der Waals surface area (Å²) in [6.07, 6.45) is -0.868. The summed E-state index contributed by atoms with van der Waals surface area (Å²) in [6.45, 7) is 2.40. The third-order valence-corrected chi connectivity index (χ3v) is 3.37. The van der Waals surface area contributed by atoms with Gasteiger partial charge in [0.25, 0.3) is 0 Å². The molecule has 2 rings (SSSR count). The van der Waals surface area contributed by atoms with E-state index in [4.69, 9.17) is 9.15 Å². The van der Waals surface area contributed by atoms with Crippen LogP contribution in [0.15, 0.2) is 33.4 Å². The Labute approximate surface area is 121 Å². The van der Waals surface area contributed by atoms with Gasteiger partial charge in [-0.05, 0) is 30.5 Å². The van der Waals surface area contributed by atoms with Crippen molar-refractivity contribution < 1.29 is 19.1 Å². The summed E-state index contributed by atoms with van der Waals surface area (Å²) in [4.78, 5) is 11.4. The Morgan fingerprint density at radius 3 is 3.05 bits per heavy atom. The Hall–Kier alpha value is -1.63. The van der Waals surface area contributed by atoms with Gasteiger partial charge in [0.15, 0.2) is 0 Å². The van der Waals surface area contributed by atoms with Gasteiger partial charge in [-0.3, -0.25) is 4.79 Å². The number of rotatable bonds is 7. The Morgan fingerprint density at radius 1 is 1.50 bits per heavy atom. The molecule has 0 aliphatic carbocycles. The van der Waals surface area contributed by atoms with Crippen LogP contribution >= 0.6 is 11.3 Å². The SMILES string of the molecule is CCOCC(=O)NC[C@H](O)c1ccc(-c2ccsc2)o1. The highest BCUT2D eigenvalue weighted by molar-refractivity contribution is 7.08. The maximum absolute atomic E-state index is 11.4. The van der Waals surface area contributed by atoms with Crippen molar-refractivity contribution in [2.75, 3.05) is 19.8 Å². The van der Waals surface area contributed by atoms with Crippen molar-refractivity contribution in [2.45, 2.75) is 13.0 Å². The number of hydrogen-bond donors (Lipinski definition) is 2. The average molecular weight is 295 g/mol. The van der Waals surface area contributed by atoms with Crippen LogP contribution in [-0.2, 0) is 9.53 Å². The van der Waals surface area contributed by atoms with Crippen molar-refractivity contribution in [3.8, 4) is 11.3 Å². The molecule has 1 amide bonds. The average Bonchev–Trinajstić information content (AvgIpc) is 3.11. The van der Waals surface area contributed by atoms with Gasteiger partial charge in [-0.15, -0.1) is 0 Å². The summed E-state index contributed by atoms with van der Waals surface area (Å²) in [5, 5.41) is 16.5. The summed E-state index contributed by atoms with van der Waals surface area (Å²) >= 11 is 1.58. The molecule has 1 atom stereocenters. The number of amides is 1. The molecule has 0 aliphatic heterocycles. The lowest BCUT2D eigenvalue weighted by Crippen LogP contribution is -2.31. The minimum Gasteiger partial charge on any atom is -0.458 e. The monoisotopic (exact) mass is 295 g/mol. The normalized spacial score (nSPS) is 12.3. The Morgan fingerprint density at radius 2 is 2.35 bits per heavy atom. The van der Waals surface area contributed by atoms with Crippen LogP contribution in [0.1, 0.15) is 18.8 Å². The summed E-state index contributed by atoms with van der Waals surface area (Å²) in [7, 11) is 0. The maximum Gasteiger partial charge on any atom is 0.246 e. The van der Waals surface area contributed by atoms with Crippen molar-refractivity contribution in [1.82, 2.24) is 5.32 Å². The van der Waals surface area contributed by atoms with E-state index in [0.717, 1.165) is 5.56 Å². The second-order valence-corrected chi connectivity index (χ2v) is 4.95. The third-order valence-electron chi connectivity index (χ3n) is 2.69. The van der Waals surface area contributed by atoms with E-state index < -0.39 is 6.10 Å².